The van der Waals surface area contributed by atoms with Crippen LogP contribution < -0.4 is 15.1 Å². The Morgan fingerprint density at radius 2 is 1.88 bits per heavy atom. The minimum absolute atomic E-state index is 0.0471. The van der Waals surface area contributed by atoms with Gasteiger partial charge in [-0.1, -0.05) is 0 Å². The van der Waals surface area contributed by atoms with Crippen molar-refractivity contribution in [2.75, 3.05) is 35.0 Å². The van der Waals surface area contributed by atoms with Crippen LogP contribution in [0.3, 0.4) is 0 Å². The Balaban J connectivity index is 1.48. The van der Waals surface area contributed by atoms with E-state index in [-0.39, 0.29) is 11.9 Å². The molecule has 1 aliphatic heterocycles. The lowest BCUT2D eigenvalue weighted by molar-refractivity contribution is 0.568. The van der Waals surface area contributed by atoms with Crippen molar-refractivity contribution in [3.05, 3.63) is 58.8 Å². The predicted octanol–water partition coefficient (Wildman–Crippen LogP) is 3.87. The summed E-state index contributed by atoms with van der Waals surface area (Å²) in [5.41, 5.74) is 3.44. The number of halogens is 2. The van der Waals surface area contributed by atoms with E-state index < -0.39 is 32.1 Å². The van der Waals surface area contributed by atoms with Crippen LogP contribution in [0.2, 0.25) is 0 Å². The van der Waals surface area contributed by atoms with Crippen molar-refractivity contribution in [1.82, 2.24) is 29.7 Å². The maximum absolute atomic E-state index is 15.2. The van der Waals surface area contributed by atoms with Gasteiger partial charge < -0.3 is 19.7 Å². The summed E-state index contributed by atoms with van der Waals surface area (Å²) < 4.78 is 56.3. The molecule has 0 atom stereocenters. The average molecular weight is 570 g/mol. The summed E-state index contributed by atoms with van der Waals surface area (Å²) in [7, 11) is -0.386. The highest BCUT2D eigenvalue weighted by Gasteiger charge is 2.35. The van der Waals surface area contributed by atoms with E-state index >= 15 is 8.78 Å². The monoisotopic (exact) mass is 569 g/mol. The number of aryl methyl sites for hydroxylation is 2. The largest absolute Gasteiger partial charge is 0.350 e. The number of fused-ring (bicyclic) bond motifs is 1. The Kier molecular flexibility index (Phi) is 6.24. The lowest BCUT2D eigenvalue weighted by atomic mass is 10.1. The molecule has 4 heterocycles. The Bertz CT molecular complexity index is 1710. The number of anilines is 5. The van der Waals surface area contributed by atoms with Crippen molar-refractivity contribution >= 4 is 38.9 Å². The van der Waals surface area contributed by atoms with E-state index in [9.17, 15) is 8.42 Å². The van der Waals surface area contributed by atoms with E-state index in [1.54, 1.807) is 6.33 Å². The van der Waals surface area contributed by atoms with Gasteiger partial charge in [0.1, 0.15) is 17.3 Å². The molecule has 1 aromatic carbocycles. The van der Waals surface area contributed by atoms with Gasteiger partial charge in [0.2, 0.25) is 5.95 Å². The number of nitrogens with zero attached hydrogens (tertiary/aromatic N) is 7. The van der Waals surface area contributed by atoms with Gasteiger partial charge in [-0.25, -0.2) is 22.2 Å². The molecule has 0 amide bonds. The van der Waals surface area contributed by atoms with Crippen LogP contribution in [0.1, 0.15) is 41.4 Å². The summed E-state index contributed by atoms with van der Waals surface area (Å²) in [4.78, 5) is 17.0. The number of H-pyrrole nitrogens is 1. The van der Waals surface area contributed by atoms with Crippen LogP contribution in [0.25, 0.3) is 0 Å². The molecule has 0 unspecified atom stereocenters. The number of aromatic nitrogens is 6. The van der Waals surface area contributed by atoms with Crippen molar-refractivity contribution in [3.63, 3.8) is 0 Å². The van der Waals surface area contributed by atoms with Gasteiger partial charge in [0.15, 0.2) is 27.3 Å². The predicted molar refractivity (Wildman–Crippen MR) is 146 cm³/mol. The molecule has 1 saturated carbocycles. The van der Waals surface area contributed by atoms with Crippen LogP contribution in [0.5, 0.6) is 0 Å². The number of hydrogen-bond donors (Lipinski definition) is 2. The Morgan fingerprint density at radius 3 is 2.50 bits per heavy atom. The molecule has 11 nitrogen and oxygen atoms in total. The minimum atomic E-state index is -3.81. The highest BCUT2D eigenvalue weighted by atomic mass is 32.2. The average Bonchev–Trinajstić information content (AvgIpc) is 3.55. The molecule has 2 N–H and O–H groups in total. The molecule has 0 bridgehead atoms. The van der Waals surface area contributed by atoms with Gasteiger partial charge >= 0.3 is 0 Å². The van der Waals surface area contributed by atoms with Crippen LogP contribution in [0.15, 0.2) is 29.4 Å². The van der Waals surface area contributed by atoms with Gasteiger partial charge in [-0.15, -0.1) is 0 Å². The molecule has 0 radical (unpaired) electrons. The maximum Gasteiger partial charge on any atom is 0.233 e. The summed E-state index contributed by atoms with van der Waals surface area (Å²) in [5.74, 6) is -0.0745. The van der Waals surface area contributed by atoms with E-state index in [0.29, 0.717) is 30.5 Å². The Labute approximate surface area is 230 Å². The zero-order chi connectivity index (χ0) is 28.3. The summed E-state index contributed by atoms with van der Waals surface area (Å²) in [6, 6.07) is 3.46. The Hall–Kier alpha value is -4.07. The van der Waals surface area contributed by atoms with E-state index in [2.05, 4.69) is 25.4 Å². The second kappa shape index (κ2) is 9.54. The van der Waals surface area contributed by atoms with Crippen LogP contribution in [-0.4, -0.2) is 58.0 Å². The first kappa shape index (κ1) is 26.2. The molecule has 2 aliphatic rings. The van der Waals surface area contributed by atoms with Gasteiger partial charge in [0, 0.05) is 56.3 Å². The third kappa shape index (κ3) is 4.76. The zero-order valence-electron chi connectivity index (χ0n) is 22.5. The molecule has 6 rings (SSSR count). The zero-order valence-corrected chi connectivity index (χ0v) is 23.3. The fourth-order valence-corrected chi connectivity index (χ4v) is 5.73. The number of aromatic amines is 1. The molecule has 1 aliphatic carbocycles. The molecular weight excluding hydrogens is 540 g/mol. The van der Waals surface area contributed by atoms with E-state index in [1.165, 1.54) is 11.9 Å². The quantitative estimate of drug-likeness (QED) is 0.341. The first-order valence-corrected chi connectivity index (χ1v) is 14.8. The van der Waals surface area contributed by atoms with Gasteiger partial charge in [-0.05, 0) is 37.8 Å². The van der Waals surface area contributed by atoms with E-state index in [4.69, 9.17) is 9.97 Å². The molecular formula is C26H29F2N9O2S. The minimum Gasteiger partial charge on any atom is -0.350 e. The standard InChI is InChI=1S/C26H29F2N9O2S/c1-14-9-21(34-33-14)30-24-22(15-5-6-15)25(37-8-7-20-19(12-37)29-13-35(20)2)32-26(31-24)36(3)23-17(27)10-16(11-18(23)28)40(4,38)39/h9-11,13,15H,5-8,12H2,1-4H3,(H2,30,31,32,33,34). The fraction of sp³-hybridized carbons (Fsp3) is 0.385. The molecule has 1 fully saturated rings. The van der Waals surface area contributed by atoms with Crippen LogP contribution in [0, 0.1) is 18.6 Å². The second-order valence-electron chi connectivity index (χ2n) is 10.4. The topological polar surface area (TPSA) is 125 Å². The lowest BCUT2D eigenvalue weighted by Crippen LogP contribution is -2.33. The Morgan fingerprint density at radius 1 is 1.15 bits per heavy atom. The van der Waals surface area contributed by atoms with E-state index in [1.807, 2.05) is 24.6 Å². The smallest absolute Gasteiger partial charge is 0.233 e. The van der Waals surface area contributed by atoms with Gasteiger partial charge in [0.05, 0.1) is 23.5 Å². The number of rotatable bonds is 7. The van der Waals surface area contributed by atoms with Crippen LogP contribution in [-0.2, 0) is 29.9 Å². The van der Waals surface area contributed by atoms with Crippen molar-refractivity contribution in [1.29, 1.82) is 0 Å². The molecule has 14 heteroatoms. The number of hydrogen-bond acceptors (Lipinski definition) is 9. The van der Waals surface area contributed by atoms with Crippen LogP contribution >= 0.6 is 0 Å². The second-order valence-corrected chi connectivity index (χ2v) is 12.4. The lowest BCUT2D eigenvalue weighted by Gasteiger charge is -2.31. The SMILES string of the molecule is Cc1cc(Nc2nc(N(C)c3c(F)cc(S(C)(=O)=O)cc3F)nc(N3CCc4c(ncn4C)C3)c2C2CC2)n[nH]1. The van der Waals surface area contributed by atoms with Gasteiger partial charge in [-0.2, -0.15) is 15.1 Å². The molecule has 40 heavy (non-hydrogen) atoms. The third-order valence-electron chi connectivity index (χ3n) is 7.31. The van der Waals surface area contributed by atoms with Gasteiger partial charge in [-0.3, -0.25) is 5.10 Å². The highest BCUT2D eigenvalue weighted by Crippen LogP contribution is 2.48. The maximum atomic E-state index is 15.2. The molecule has 0 spiro atoms. The molecule has 3 aromatic heterocycles. The first-order valence-electron chi connectivity index (χ1n) is 12.9. The van der Waals surface area contributed by atoms with Crippen molar-refractivity contribution in [3.8, 4) is 0 Å². The summed E-state index contributed by atoms with van der Waals surface area (Å²) in [6.07, 6.45) is 5.41. The number of imidazole rings is 1. The van der Waals surface area contributed by atoms with Gasteiger partial charge in [0.25, 0.3) is 0 Å². The molecule has 0 saturated heterocycles. The first-order chi connectivity index (χ1) is 19.0. The summed E-state index contributed by atoms with van der Waals surface area (Å²) >= 11 is 0. The van der Waals surface area contributed by atoms with E-state index in [0.717, 1.165) is 60.3 Å². The third-order valence-corrected chi connectivity index (χ3v) is 8.40. The number of nitrogens with one attached hydrogen (secondary N) is 2. The van der Waals surface area contributed by atoms with Crippen LogP contribution in [0.4, 0.5) is 37.9 Å². The highest BCUT2D eigenvalue weighted by molar-refractivity contribution is 7.90. The molecule has 210 valence electrons. The number of benzene rings is 1. The van der Waals surface area contributed by atoms with Crippen molar-refractivity contribution in [2.24, 2.45) is 7.05 Å². The fourth-order valence-electron chi connectivity index (χ4n) is 5.10. The van der Waals surface area contributed by atoms with Crippen molar-refractivity contribution < 1.29 is 17.2 Å². The normalized spacial score (nSPS) is 15.3. The summed E-state index contributed by atoms with van der Waals surface area (Å²) in [6.45, 7) is 3.09. The molecule has 4 aromatic rings. The summed E-state index contributed by atoms with van der Waals surface area (Å²) in [5, 5.41) is 10.5. The number of sulfone groups is 1. The van der Waals surface area contributed by atoms with Crippen molar-refractivity contribution in [2.45, 2.75) is 43.5 Å².